The molecule has 1 N–H and O–H groups in total. The van der Waals surface area contributed by atoms with E-state index in [1.807, 2.05) is 13.2 Å². The molecule has 0 spiro atoms. The van der Waals surface area contributed by atoms with Crippen molar-refractivity contribution in [2.75, 3.05) is 43.9 Å². The molecule has 0 aliphatic carbocycles. The van der Waals surface area contributed by atoms with Gasteiger partial charge in [-0.05, 0) is 20.9 Å². The molecular formula is C12H21N5. The number of aryl methyl sites for hydroxylation is 1. The molecule has 1 fully saturated rings. The Morgan fingerprint density at radius 2 is 2.18 bits per heavy atom. The van der Waals surface area contributed by atoms with Gasteiger partial charge >= 0.3 is 0 Å². The number of rotatable bonds is 2. The van der Waals surface area contributed by atoms with Crippen LogP contribution in [-0.4, -0.2) is 54.6 Å². The molecule has 2 rings (SSSR count). The molecular weight excluding hydrogens is 214 g/mol. The second kappa shape index (κ2) is 4.87. The summed E-state index contributed by atoms with van der Waals surface area (Å²) < 4.78 is 0. The third kappa shape index (κ3) is 2.49. The van der Waals surface area contributed by atoms with Crippen LogP contribution in [0.3, 0.4) is 0 Å². The van der Waals surface area contributed by atoms with Crippen molar-refractivity contribution < 1.29 is 0 Å². The quantitative estimate of drug-likeness (QED) is 0.827. The van der Waals surface area contributed by atoms with Gasteiger partial charge in [0.1, 0.15) is 5.82 Å². The number of hydrogen-bond acceptors (Lipinski definition) is 5. The van der Waals surface area contributed by atoms with Crippen LogP contribution in [0, 0.1) is 6.92 Å². The minimum absolute atomic E-state index is 0.493. The molecule has 0 radical (unpaired) electrons. The highest BCUT2D eigenvalue weighted by atomic mass is 15.3. The van der Waals surface area contributed by atoms with Crippen LogP contribution in [0.1, 0.15) is 12.5 Å². The summed E-state index contributed by atoms with van der Waals surface area (Å²) >= 11 is 0. The monoisotopic (exact) mass is 235 g/mol. The van der Waals surface area contributed by atoms with E-state index in [0.717, 1.165) is 31.0 Å². The highest BCUT2D eigenvalue weighted by molar-refractivity contribution is 5.50. The van der Waals surface area contributed by atoms with Gasteiger partial charge in [0.2, 0.25) is 5.95 Å². The molecule has 94 valence electrons. The lowest BCUT2D eigenvalue weighted by atomic mass is 10.2. The van der Waals surface area contributed by atoms with Crippen molar-refractivity contribution in [1.82, 2.24) is 14.9 Å². The van der Waals surface area contributed by atoms with E-state index in [1.54, 1.807) is 0 Å². The molecule has 17 heavy (non-hydrogen) atoms. The van der Waals surface area contributed by atoms with E-state index in [4.69, 9.17) is 0 Å². The van der Waals surface area contributed by atoms with E-state index >= 15 is 0 Å². The maximum absolute atomic E-state index is 4.58. The second-order valence-corrected chi connectivity index (χ2v) is 4.75. The zero-order valence-electron chi connectivity index (χ0n) is 11.1. The first kappa shape index (κ1) is 12.1. The molecule has 5 nitrogen and oxygen atoms in total. The Bertz CT molecular complexity index is 392. The normalized spacial score (nSPS) is 21.6. The lowest BCUT2D eigenvalue weighted by Crippen LogP contribution is -2.51. The standard InChI is InChI=1S/C12H21N5/c1-9-7-14-12(13-3)15-11(9)17-6-5-16(4)8-10(17)2/h7,10H,5-6,8H2,1-4H3,(H,13,14,15). The average Bonchev–Trinajstić information content (AvgIpc) is 2.30. The minimum atomic E-state index is 0.493. The van der Waals surface area contributed by atoms with Crippen LogP contribution >= 0.6 is 0 Å². The van der Waals surface area contributed by atoms with Crippen molar-refractivity contribution in [3.63, 3.8) is 0 Å². The molecule has 1 atom stereocenters. The molecule has 1 unspecified atom stereocenters. The fourth-order valence-electron chi connectivity index (χ4n) is 2.30. The van der Waals surface area contributed by atoms with Crippen LogP contribution in [0.2, 0.25) is 0 Å². The Balaban J connectivity index is 2.26. The van der Waals surface area contributed by atoms with Gasteiger partial charge in [-0.25, -0.2) is 4.98 Å². The van der Waals surface area contributed by atoms with Crippen LogP contribution < -0.4 is 10.2 Å². The molecule has 0 aromatic carbocycles. The van der Waals surface area contributed by atoms with Gasteiger partial charge < -0.3 is 15.1 Å². The van der Waals surface area contributed by atoms with Crippen molar-refractivity contribution >= 4 is 11.8 Å². The maximum atomic E-state index is 4.58. The molecule has 1 aliphatic heterocycles. The summed E-state index contributed by atoms with van der Waals surface area (Å²) in [6, 6.07) is 0.493. The minimum Gasteiger partial charge on any atom is -0.357 e. The lowest BCUT2D eigenvalue weighted by Gasteiger charge is -2.39. The van der Waals surface area contributed by atoms with Gasteiger partial charge in [-0.3, -0.25) is 0 Å². The van der Waals surface area contributed by atoms with Crippen LogP contribution in [0.15, 0.2) is 6.20 Å². The Morgan fingerprint density at radius 3 is 2.82 bits per heavy atom. The van der Waals surface area contributed by atoms with Crippen molar-refractivity contribution in [3.8, 4) is 0 Å². The van der Waals surface area contributed by atoms with Crippen molar-refractivity contribution in [1.29, 1.82) is 0 Å². The number of likely N-dealkylation sites (N-methyl/N-ethyl adjacent to an activating group) is 1. The van der Waals surface area contributed by atoms with E-state index in [-0.39, 0.29) is 0 Å². The van der Waals surface area contributed by atoms with Gasteiger partial charge in [0.15, 0.2) is 0 Å². The fourth-order valence-corrected chi connectivity index (χ4v) is 2.30. The van der Waals surface area contributed by atoms with Gasteiger partial charge in [-0.1, -0.05) is 0 Å². The largest absolute Gasteiger partial charge is 0.357 e. The molecule has 0 saturated carbocycles. The summed E-state index contributed by atoms with van der Waals surface area (Å²) in [7, 11) is 4.02. The fraction of sp³-hybridized carbons (Fsp3) is 0.667. The van der Waals surface area contributed by atoms with Crippen molar-refractivity contribution in [2.24, 2.45) is 0 Å². The number of hydrogen-bond donors (Lipinski definition) is 1. The van der Waals surface area contributed by atoms with E-state index in [2.05, 4.69) is 46.0 Å². The zero-order valence-corrected chi connectivity index (χ0v) is 11.1. The first-order valence-corrected chi connectivity index (χ1v) is 6.08. The summed E-state index contributed by atoms with van der Waals surface area (Å²) in [5.74, 6) is 1.75. The third-order valence-corrected chi connectivity index (χ3v) is 3.27. The molecule has 5 heteroatoms. The topological polar surface area (TPSA) is 44.3 Å². The van der Waals surface area contributed by atoms with Crippen LogP contribution in [0.5, 0.6) is 0 Å². The van der Waals surface area contributed by atoms with Crippen LogP contribution in [0.25, 0.3) is 0 Å². The van der Waals surface area contributed by atoms with E-state index in [1.165, 1.54) is 0 Å². The molecule has 1 saturated heterocycles. The summed E-state index contributed by atoms with van der Waals surface area (Å²) in [6.45, 7) is 7.51. The van der Waals surface area contributed by atoms with E-state index < -0.39 is 0 Å². The summed E-state index contributed by atoms with van der Waals surface area (Å²) in [5.41, 5.74) is 1.14. The number of nitrogens with one attached hydrogen (secondary N) is 1. The molecule has 2 heterocycles. The molecule has 0 bridgehead atoms. The lowest BCUT2D eigenvalue weighted by molar-refractivity contribution is 0.274. The predicted molar refractivity (Wildman–Crippen MR) is 70.6 cm³/mol. The number of anilines is 2. The summed E-state index contributed by atoms with van der Waals surface area (Å²) in [5, 5.41) is 3.00. The maximum Gasteiger partial charge on any atom is 0.224 e. The van der Waals surface area contributed by atoms with Crippen LogP contribution in [0.4, 0.5) is 11.8 Å². The highest BCUT2D eigenvalue weighted by Crippen LogP contribution is 2.22. The van der Waals surface area contributed by atoms with Gasteiger partial charge in [0.25, 0.3) is 0 Å². The average molecular weight is 235 g/mol. The van der Waals surface area contributed by atoms with E-state index in [0.29, 0.717) is 12.0 Å². The molecule has 1 aliphatic rings. The van der Waals surface area contributed by atoms with Crippen LogP contribution in [-0.2, 0) is 0 Å². The Kier molecular flexibility index (Phi) is 3.47. The van der Waals surface area contributed by atoms with Crippen molar-refractivity contribution in [2.45, 2.75) is 19.9 Å². The third-order valence-electron chi connectivity index (χ3n) is 3.27. The first-order chi connectivity index (χ1) is 8.11. The van der Waals surface area contributed by atoms with Gasteiger partial charge in [-0.15, -0.1) is 0 Å². The summed E-state index contributed by atoms with van der Waals surface area (Å²) in [6.07, 6.45) is 1.89. The zero-order chi connectivity index (χ0) is 12.4. The summed E-state index contributed by atoms with van der Waals surface area (Å²) in [4.78, 5) is 13.5. The van der Waals surface area contributed by atoms with Gasteiger partial charge in [0, 0.05) is 44.5 Å². The Labute approximate surface area is 103 Å². The smallest absolute Gasteiger partial charge is 0.224 e. The molecule has 1 aromatic rings. The number of aromatic nitrogens is 2. The van der Waals surface area contributed by atoms with Gasteiger partial charge in [0.05, 0.1) is 0 Å². The second-order valence-electron chi connectivity index (χ2n) is 4.75. The SMILES string of the molecule is CNc1ncc(C)c(N2CCN(C)CC2C)n1. The molecule has 0 amide bonds. The van der Waals surface area contributed by atoms with Gasteiger partial charge in [-0.2, -0.15) is 4.98 Å². The Hall–Kier alpha value is -1.36. The van der Waals surface area contributed by atoms with Crippen molar-refractivity contribution in [3.05, 3.63) is 11.8 Å². The van der Waals surface area contributed by atoms with E-state index in [9.17, 15) is 0 Å². The predicted octanol–water partition coefficient (Wildman–Crippen LogP) is 0.967. The number of piperazine rings is 1. The first-order valence-electron chi connectivity index (χ1n) is 6.08. The highest BCUT2D eigenvalue weighted by Gasteiger charge is 2.24. The number of nitrogens with zero attached hydrogens (tertiary/aromatic N) is 4. The molecule has 1 aromatic heterocycles. The Morgan fingerprint density at radius 1 is 1.41 bits per heavy atom.